The number of carbonyl (C=O) groups is 1. The molecule has 1 aliphatic heterocycles. The minimum absolute atomic E-state index is 0.0109. The fourth-order valence-electron chi connectivity index (χ4n) is 3.70. The maximum atomic E-state index is 12.9. The number of rotatable bonds is 3. The summed E-state index contributed by atoms with van der Waals surface area (Å²) in [6.45, 7) is 1.35. The van der Waals surface area contributed by atoms with Gasteiger partial charge < -0.3 is 4.90 Å². The molecule has 6 heteroatoms. The zero-order valence-corrected chi connectivity index (χ0v) is 15.1. The van der Waals surface area contributed by atoms with Crippen molar-refractivity contribution in [2.24, 2.45) is 0 Å². The molecule has 0 unspecified atom stereocenters. The monoisotopic (exact) mass is 359 g/mol. The topological polar surface area (TPSA) is 74.8 Å². The first-order valence-corrected chi connectivity index (χ1v) is 9.52. The van der Waals surface area contributed by atoms with Crippen molar-refractivity contribution in [1.82, 2.24) is 25.1 Å². The first kappa shape index (κ1) is 16.2. The van der Waals surface area contributed by atoms with E-state index in [1.54, 1.807) is 12.4 Å². The molecule has 1 saturated carbocycles. The molecule has 0 bridgehead atoms. The molecule has 2 aliphatic rings. The first-order valence-electron chi connectivity index (χ1n) is 9.52. The predicted octanol–water partition coefficient (Wildman–Crippen LogP) is 2.99. The summed E-state index contributed by atoms with van der Waals surface area (Å²) < 4.78 is 0. The Balaban J connectivity index is 1.33. The van der Waals surface area contributed by atoms with Crippen LogP contribution >= 0.6 is 0 Å². The number of fused-ring (bicyclic) bond motifs is 1. The van der Waals surface area contributed by atoms with E-state index in [1.807, 2.05) is 23.1 Å². The third-order valence-electron chi connectivity index (χ3n) is 5.41. The average molecular weight is 359 g/mol. The highest BCUT2D eigenvalue weighted by molar-refractivity contribution is 5.93. The molecule has 5 rings (SSSR count). The first-order chi connectivity index (χ1) is 13.3. The van der Waals surface area contributed by atoms with Gasteiger partial charge in [-0.1, -0.05) is 30.3 Å². The van der Waals surface area contributed by atoms with Crippen molar-refractivity contribution in [2.75, 3.05) is 13.1 Å². The van der Waals surface area contributed by atoms with Gasteiger partial charge in [-0.3, -0.25) is 9.89 Å². The van der Waals surface area contributed by atoms with E-state index in [-0.39, 0.29) is 5.91 Å². The van der Waals surface area contributed by atoms with Gasteiger partial charge in [0.1, 0.15) is 5.82 Å². The number of nitrogens with zero attached hydrogens (tertiary/aromatic N) is 4. The van der Waals surface area contributed by atoms with E-state index in [0.717, 1.165) is 48.5 Å². The fraction of sp³-hybridized carbons (Fsp3) is 0.333. The Hall–Kier alpha value is -3.02. The van der Waals surface area contributed by atoms with Gasteiger partial charge in [-0.2, -0.15) is 5.10 Å². The normalized spacial score (nSPS) is 16.7. The maximum Gasteiger partial charge on any atom is 0.257 e. The lowest BCUT2D eigenvalue weighted by molar-refractivity contribution is 0.0762. The van der Waals surface area contributed by atoms with Crippen LogP contribution in [0.2, 0.25) is 0 Å². The standard InChI is InChI=1S/C21H21N5O/c27-21(16-12-22-20(23-13-16)15-6-7-15)26-10-8-17-18(9-11-26)24-25-19(17)14-4-2-1-3-5-14/h1-5,12-13,15H,6-11H2,(H,24,25). The van der Waals surface area contributed by atoms with Gasteiger partial charge in [-0.15, -0.1) is 0 Å². The molecule has 1 aliphatic carbocycles. The lowest BCUT2D eigenvalue weighted by atomic mass is 10.0. The van der Waals surface area contributed by atoms with Gasteiger partial charge in [-0.05, 0) is 19.3 Å². The van der Waals surface area contributed by atoms with Crippen LogP contribution < -0.4 is 0 Å². The largest absolute Gasteiger partial charge is 0.338 e. The van der Waals surface area contributed by atoms with Crippen LogP contribution in [-0.4, -0.2) is 44.1 Å². The fourth-order valence-corrected chi connectivity index (χ4v) is 3.70. The molecule has 136 valence electrons. The molecule has 1 fully saturated rings. The van der Waals surface area contributed by atoms with Crippen LogP contribution in [0.5, 0.6) is 0 Å². The molecule has 27 heavy (non-hydrogen) atoms. The van der Waals surface area contributed by atoms with Crippen LogP contribution in [0.3, 0.4) is 0 Å². The molecule has 1 amide bonds. The molecule has 2 aromatic heterocycles. The van der Waals surface area contributed by atoms with Gasteiger partial charge in [0.05, 0.1) is 11.3 Å². The molecular formula is C21H21N5O. The van der Waals surface area contributed by atoms with Crippen LogP contribution in [0.4, 0.5) is 0 Å². The third kappa shape index (κ3) is 3.12. The summed E-state index contributed by atoms with van der Waals surface area (Å²) in [4.78, 5) is 23.6. The van der Waals surface area contributed by atoms with Crippen LogP contribution in [-0.2, 0) is 12.8 Å². The third-order valence-corrected chi connectivity index (χ3v) is 5.41. The zero-order chi connectivity index (χ0) is 18.2. The van der Waals surface area contributed by atoms with Crippen molar-refractivity contribution in [2.45, 2.75) is 31.6 Å². The van der Waals surface area contributed by atoms with Gasteiger partial charge in [-0.25, -0.2) is 9.97 Å². The quantitative estimate of drug-likeness (QED) is 0.780. The van der Waals surface area contributed by atoms with Gasteiger partial charge >= 0.3 is 0 Å². The van der Waals surface area contributed by atoms with Gasteiger partial charge in [0.2, 0.25) is 0 Å². The molecule has 1 N–H and O–H groups in total. The van der Waals surface area contributed by atoms with Crippen molar-refractivity contribution in [3.05, 3.63) is 65.4 Å². The van der Waals surface area contributed by atoms with Crippen LogP contribution in [0.25, 0.3) is 11.3 Å². The Morgan fingerprint density at radius 2 is 1.78 bits per heavy atom. The molecular weight excluding hydrogens is 338 g/mol. The summed E-state index contributed by atoms with van der Waals surface area (Å²) in [6, 6.07) is 10.2. The van der Waals surface area contributed by atoms with E-state index >= 15 is 0 Å². The second-order valence-electron chi connectivity index (χ2n) is 7.29. The number of nitrogens with one attached hydrogen (secondary N) is 1. The lowest BCUT2D eigenvalue weighted by Gasteiger charge is -2.20. The highest BCUT2D eigenvalue weighted by Gasteiger charge is 2.27. The maximum absolute atomic E-state index is 12.9. The van der Waals surface area contributed by atoms with Crippen LogP contribution in [0.1, 0.15) is 46.2 Å². The van der Waals surface area contributed by atoms with Crippen LogP contribution in [0, 0.1) is 0 Å². The number of aromatic nitrogens is 4. The summed E-state index contributed by atoms with van der Waals surface area (Å²) in [6.07, 6.45) is 7.27. The number of aromatic amines is 1. The molecule has 0 saturated heterocycles. The summed E-state index contributed by atoms with van der Waals surface area (Å²) in [7, 11) is 0. The zero-order valence-electron chi connectivity index (χ0n) is 15.1. The number of hydrogen-bond acceptors (Lipinski definition) is 4. The summed E-state index contributed by atoms with van der Waals surface area (Å²) in [5.74, 6) is 1.38. The Kier molecular flexibility index (Phi) is 3.96. The average Bonchev–Trinajstić information content (AvgIpc) is 3.52. The van der Waals surface area contributed by atoms with Crippen molar-refractivity contribution >= 4 is 5.91 Å². The van der Waals surface area contributed by atoms with E-state index in [0.29, 0.717) is 24.6 Å². The van der Waals surface area contributed by atoms with Crippen LogP contribution in [0.15, 0.2) is 42.7 Å². The highest BCUT2D eigenvalue weighted by atomic mass is 16.2. The SMILES string of the molecule is O=C(c1cnc(C2CC2)nc1)N1CCc2[nH]nc(-c3ccccc3)c2CC1. The minimum Gasteiger partial charge on any atom is -0.338 e. The minimum atomic E-state index is 0.0109. The number of H-pyrrole nitrogens is 1. The van der Waals surface area contributed by atoms with Crippen molar-refractivity contribution in [3.63, 3.8) is 0 Å². The molecule has 6 nitrogen and oxygen atoms in total. The smallest absolute Gasteiger partial charge is 0.257 e. The number of amides is 1. The van der Waals surface area contributed by atoms with E-state index < -0.39 is 0 Å². The Morgan fingerprint density at radius 1 is 1.04 bits per heavy atom. The second kappa shape index (κ2) is 6.61. The summed E-state index contributed by atoms with van der Waals surface area (Å²) in [5.41, 5.74) is 5.03. The van der Waals surface area contributed by atoms with E-state index in [2.05, 4.69) is 32.3 Å². The predicted molar refractivity (Wildman–Crippen MR) is 101 cm³/mol. The van der Waals surface area contributed by atoms with E-state index in [1.165, 1.54) is 5.56 Å². The van der Waals surface area contributed by atoms with Crippen molar-refractivity contribution in [1.29, 1.82) is 0 Å². The van der Waals surface area contributed by atoms with Crippen molar-refractivity contribution in [3.8, 4) is 11.3 Å². The second-order valence-corrected chi connectivity index (χ2v) is 7.29. The van der Waals surface area contributed by atoms with E-state index in [9.17, 15) is 4.79 Å². The Morgan fingerprint density at radius 3 is 2.52 bits per heavy atom. The summed E-state index contributed by atoms with van der Waals surface area (Å²) in [5, 5.41) is 7.70. The highest BCUT2D eigenvalue weighted by Crippen LogP contribution is 2.37. The summed E-state index contributed by atoms with van der Waals surface area (Å²) >= 11 is 0. The molecule has 3 heterocycles. The molecule has 0 spiro atoms. The number of benzene rings is 1. The molecule has 0 atom stereocenters. The molecule has 3 aromatic rings. The van der Waals surface area contributed by atoms with Crippen molar-refractivity contribution < 1.29 is 4.79 Å². The van der Waals surface area contributed by atoms with E-state index in [4.69, 9.17) is 0 Å². The number of hydrogen-bond donors (Lipinski definition) is 1. The molecule has 1 aromatic carbocycles. The number of carbonyl (C=O) groups excluding carboxylic acids is 1. The van der Waals surface area contributed by atoms with Gasteiger partial charge in [0, 0.05) is 54.6 Å². The Labute approximate surface area is 157 Å². The van der Waals surface area contributed by atoms with Gasteiger partial charge in [0.15, 0.2) is 0 Å². The Bertz CT molecular complexity index is 960. The lowest BCUT2D eigenvalue weighted by Crippen LogP contribution is -2.33. The van der Waals surface area contributed by atoms with Gasteiger partial charge in [0.25, 0.3) is 5.91 Å². The molecule has 0 radical (unpaired) electrons.